The first kappa shape index (κ1) is 22.2. The van der Waals surface area contributed by atoms with Gasteiger partial charge in [-0.25, -0.2) is 15.0 Å². The first-order valence-corrected chi connectivity index (χ1v) is 10.7. The van der Waals surface area contributed by atoms with Gasteiger partial charge >= 0.3 is 0 Å². The molecule has 0 bridgehead atoms. The molecular weight excluding hydrogens is 414 g/mol. The molecule has 3 N–H and O–H groups in total. The van der Waals surface area contributed by atoms with Crippen LogP contribution in [0, 0.1) is 0 Å². The second-order valence-corrected chi connectivity index (χ2v) is 8.66. The summed E-state index contributed by atoms with van der Waals surface area (Å²) in [4.78, 5) is 33.3. The zero-order chi connectivity index (χ0) is 22.9. The van der Waals surface area contributed by atoms with Crippen LogP contribution in [-0.4, -0.2) is 86.9 Å². The van der Waals surface area contributed by atoms with E-state index in [2.05, 4.69) is 24.8 Å². The number of hydrogen-bond donors (Lipinski definition) is 2. The average Bonchev–Trinajstić information content (AvgIpc) is 2.75. The molecule has 0 aromatic carbocycles. The highest BCUT2D eigenvalue weighted by molar-refractivity contribution is 5.84. The van der Waals surface area contributed by atoms with Gasteiger partial charge in [0.05, 0.1) is 18.9 Å². The van der Waals surface area contributed by atoms with Crippen molar-refractivity contribution in [3.05, 3.63) is 18.5 Å². The molecule has 0 spiro atoms. The summed E-state index contributed by atoms with van der Waals surface area (Å²) in [7, 11) is 1.71. The van der Waals surface area contributed by atoms with Crippen LogP contribution in [-0.2, 0) is 9.53 Å². The molecule has 2 fully saturated rings. The molecule has 11 heteroatoms. The number of morpholine rings is 1. The predicted molar refractivity (Wildman–Crippen MR) is 117 cm³/mol. The monoisotopic (exact) mass is 443 g/mol. The summed E-state index contributed by atoms with van der Waals surface area (Å²) in [6, 6.07) is 1.78. The van der Waals surface area contributed by atoms with Gasteiger partial charge in [-0.2, -0.15) is 4.98 Å². The molecule has 2 aromatic rings. The van der Waals surface area contributed by atoms with E-state index in [1.165, 1.54) is 13.8 Å². The van der Waals surface area contributed by atoms with Gasteiger partial charge in [0.25, 0.3) is 5.91 Å². The van der Waals surface area contributed by atoms with Gasteiger partial charge in [-0.1, -0.05) is 0 Å². The third-order valence-corrected chi connectivity index (χ3v) is 5.70. The summed E-state index contributed by atoms with van der Waals surface area (Å²) in [5.74, 6) is 0.900. The number of nitrogens with two attached hydrogens (primary N) is 1. The van der Waals surface area contributed by atoms with Crippen LogP contribution in [0.25, 0.3) is 11.3 Å². The molecule has 0 unspecified atom stereocenters. The van der Waals surface area contributed by atoms with Crippen molar-refractivity contribution in [3.63, 3.8) is 0 Å². The second kappa shape index (κ2) is 8.83. The van der Waals surface area contributed by atoms with E-state index < -0.39 is 5.60 Å². The van der Waals surface area contributed by atoms with Crippen LogP contribution < -0.4 is 15.4 Å². The zero-order valence-electron chi connectivity index (χ0n) is 18.6. The number of aromatic nitrogens is 4. The van der Waals surface area contributed by atoms with Gasteiger partial charge in [0.2, 0.25) is 17.8 Å². The quantitative estimate of drug-likeness (QED) is 0.648. The normalized spacial score (nSPS) is 21.1. The predicted octanol–water partition coefficient (Wildman–Crippen LogP) is 0.492. The van der Waals surface area contributed by atoms with Crippen molar-refractivity contribution in [3.8, 4) is 17.1 Å². The van der Waals surface area contributed by atoms with Gasteiger partial charge in [-0.15, -0.1) is 0 Å². The van der Waals surface area contributed by atoms with Crippen molar-refractivity contribution in [1.29, 1.82) is 0 Å². The van der Waals surface area contributed by atoms with Crippen LogP contribution in [0.1, 0.15) is 26.7 Å². The lowest BCUT2D eigenvalue weighted by molar-refractivity contribution is -0.152. The van der Waals surface area contributed by atoms with Crippen molar-refractivity contribution in [1.82, 2.24) is 24.8 Å². The summed E-state index contributed by atoms with van der Waals surface area (Å²) in [5.41, 5.74) is 5.57. The maximum atomic E-state index is 12.3. The number of aliphatic hydroxyl groups is 1. The van der Waals surface area contributed by atoms with Gasteiger partial charge in [0.1, 0.15) is 11.7 Å². The fraction of sp³-hybridized carbons (Fsp3) is 0.571. The van der Waals surface area contributed by atoms with Crippen molar-refractivity contribution in [2.45, 2.75) is 44.4 Å². The topological polar surface area (TPSA) is 140 Å². The van der Waals surface area contributed by atoms with Crippen molar-refractivity contribution >= 4 is 17.8 Å². The smallest absolute Gasteiger partial charge is 0.253 e. The Balaban J connectivity index is 1.50. The van der Waals surface area contributed by atoms with Gasteiger partial charge < -0.3 is 30.1 Å². The largest absolute Gasteiger partial charge is 0.474 e. The van der Waals surface area contributed by atoms with E-state index in [1.54, 1.807) is 30.4 Å². The molecule has 3 heterocycles. The number of ether oxygens (including phenoxy) is 2. The summed E-state index contributed by atoms with van der Waals surface area (Å²) in [6.45, 7) is 5.60. The van der Waals surface area contributed by atoms with Crippen LogP contribution >= 0.6 is 0 Å². The van der Waals surface area contributed by atoms with E-state index in [0.29, 0.717) is 62.2 Å². The molecule has 172 valence electrons. The molecule has 4 rings (SSSR count). The molecule has 1 aliphatic heterocycles. The summed E-state index contributed by atoms with van der Waals surface area (Å²) in [5, 5.41) is 9.97. The Hall–Kier alpha value is -3.05. The molecule has 1 aliphatic carbocycles. The van der Waals surface area contributed by atoms with Crippen molar-refractivity contribution < 1.29 is 19.4 Å². The average molecular weight is 444 g/mol. The first-order valence-electron chi connectivity index (χ1n) is 10.7. The lowest BCUT2D eigenvalue weighted by Crippen LogP contribution is -2.54. The van der Waals surface area contributed by atoms with Gasteiger partial charge in [-0.3, -0.25) is 4.79 Å². The Morgan fingerprint density at radius 1 is 1.25 bits per heavy atom. The fourth-order valence-electron chi connectivity index (χ4n) is 3.71. The van der Waals surface area contributed by atoms with E-state index in [4.69, 9.17) is 15.2 Å². The highest BCUT2D eigenvalue weighted by Crippen LogP contribution is 2.32. The molecule has 1 amide bonds. The third-order valence-electron chi connectivity index (χ3n) is 5.70. The van der Waals surface area contributed by atoms with E-state index in [0.717, 1.165) is 0 Å². The maximum Gasteiger partial charge on any atom is 0.253 e. The number of anilines is 2. The zero-order valence-corrected chi connectivity index (χ0v) is 18.6. The van der Waals surface area contributed by atoms with Crippen molar-refractivity contribution in [2.24, 2.45) is 0 Å². The molecule has 11 nitrogen and oxygen atoms in total. The van der Waals surface area contributed by atoms with Crippen molar-refractivity contribution in [2.75, 3.05) is 44.0 Å². The Morgan fingerprint density at radius 2 is 1.91 bits per heavy atom. The maximum absolute atomic E-state index is 12.3. The molecule has 0 atom stereocenters. The van der Waals surface area contributed by atoms with Crippen LogP contribution in [0.5, 0.6) is 5.88 Å². The SMILES string of the molecule is CN(C(=O)C(C)(C)O)[C@H]1C[C@H](Oc2cc(-c3cnc(N)nc3)nc(N3CCOCC3)n2)C1. The van der Waals surface area contributed by atoms with E-state index in [9.17, 15) is 9.90 Å². The second-order valence-electron chi connectivity index (χ2n) is 8.66. The number of nitrogen functional groups attached to an aromatic ring is 1. The highest BCUT2D eigenvalue weighted by Gasteiger charge is 2.39. The Labute approximate surface area is 186 Å². The van der Waals surface area contributed by atoms with Crippen LogP contribution in [0.4, 0.5) is 11.9 Å². The number of hydrogen-bond acceptors (Lipinski definition) is 10. The van der Waals surface area contributed by atoms with Crippen LogP contribution in [0.3, 0.4) is 0 Å². The molecule has 1 saturated heterocycles. The minimum absolute atomic E-state index is 0.0180. The Morgan fingerprint density at radius 3 is 2.53 bits per heavy atom. The van der Waals surface area contributed by atoms with E-state index in [1.807, 2.05) is 0 Å². The minimum Gasteiger partial charge on any atom is -0.474 e. The number of likely N-dealkylation sites (N-methyl/N-ethyl adjacent to an activating group) is 1. The summed E-state index contributed by atoms with van der Waals surface area (Å²) in [6.07, 6.45) is 4.48. The number of amides is 1. The molecule has 2 aromatic heterocycles. The highest BCUT2D eigenvalue weighted by atomic mass is 16.5. The Kier molecular flexibility index (Phi) is 6.11. The number of carbonyl (C=O) groups excluding carboxylic acids is 1. The van der Waals surface area contributed by atoms with Crippen LogP contribution in [0.15, 0.2) is 18.5 Å². The summed E-state index contributed by atoms with van der Waals surface area (Å²) < 4.78 is 11.6. The fourth-order valence-corrected chi connectivity index (χ4v) is 3.71. The lowest BCUT2D eigenvalue weighted by atomic mass is 9.87. The minimum atomic E-state index is -1.39. The third kappa shape index (κ3) is 4.89. The lowest BCUT2D eigenvalue weighted by Gasteiger charge is -2.42. The molecule has 0 radical (unpaired) electrons. The standard InChI is InChI=1S/C21H29N7O4/c1-21(2,30)18(29)27(3)14-8-15(9-14)32-17-10-16(13-11-23-19(22)24-12-13)25-20(26-17)28-4-6-31-7-5-28/h10-12,14-15,30H,4-9H2,1-3H3,(H2,22,23,24)/t14-,15-. The number of rotatable bonds is 6. The molecule has 2 aliphatic rings. The van der Waals surface area contributed by atoms with Gasteiger partial charge in [-0.05, 0) is 13.8 Å². The van der Waals surface area contributed by atoms with E-state index >= 15 is 0 Å². The number of nitrogens with zero attached hydrogens (tertiary/aromatic N) is 6. The van der Waals surface area contributed by atoms with Gasteiger partial charge in [0, 0.05) is 63.0 Å². The number of carbonyl (C=O) groups is 1. The van der Waals surface area contributed by atoms with Gasteiger partial charge in [0.15, 0.2) is 0 Å². The Bertz CT molecular complexity index is 952. The van der Waals surface area contributed by atoms with Crippen LogP contribution in [0.2, 0.25) is 0 Å². The summed E-state index contributed by atoms with van der Waals surface area (Å²) >= 11 is 0. The van der Waals surface area contributed by atoms with E-state index in [-0.39, 0.29) is 24.0 Å². The molecule has 1 saturated carbocycles. The molecule has 32 heavy (non-hydrogen) atoms. The first-order chi connectivity index (χ1) is 15.2. The molecular formula is C21H29N7O4.